The lowest BCUT2D eigenvalue weighted by Crippen LogP contribution is -2.67. The minimum Gasteiger partial charge on any atom is -0.481 e. The second kappa shape index (κ2) is 10.7. The number of rotatable bonds is 5. The third-order valence-electron chi connectivity index (χ3n) is 15.6. The van der Waals surface area contributed by atoms with Crippen LogP contribution >= 0.6 is 0 Å². The van der Waals surface area contributed by atoms with Crippen LogP contribution in [0.1, 0.15) is 106 Å². The summed E-state index contributed by atoms with van der Waals surface area (Å²) in [6.07, 6.45) is 3.05. The van der Waals surface area contributed by atoms with Crippen molar-refractivity contribution in [3.05, 3.63) is 12.2 Å². The summed E-state index contributed by atoms with van der Waals surface area (Å²) in [7, 11) is 0. The van der Waals surface area contributed by atoms with Crippen LogP contribution in [0.2, 0.25) is 0 Å². The number of fused-ring (bicyclic) bond motifs is 7. The summed E-state index contributed by atoms with van der Waals surface area (Å²) in [6.45, 7) is 18.1. The number of carboxylic acid groups (broad SMARTS) is 1. The Kier molecular flexibility index (Phi) is 8.03. The van der Waals surface area contributed by atoms with Crippen molar-refractivity contribution in [2.24, 2.45) is 56.7 Å². The van der Waals surface area contributed by atoms with Crippen molar-refractivity contribution >= 4 is 5.97 Å². The van der Waals surface area contributed by atoms with Gasteiger partial charge >= 0.3 is 5.97 Å². The predicted molar refractivity (Wildman–Crippen MR) is 165 cm³/mol. The summed E-state index contributed by atoms with van der Waals surface area (Å²) in [5, 5.41) is 51.7. The van der Waals surface area contributed by atoms with Gasteiger partial charge in [-0.05, 0) is 122 Å². The highest BCUT2D eigenvalue weighted by Gasteiger charge is 2.72. The van der Waals surface area contributed by atoms with E-state index in [1.54, 1.807) is 0 Å². The van der Waals surface area contributed by atoms with Gasteiger partial charge in [0.05, 0.1) is 18.1 Å². The Hall–Kier alpha value is -1.03. The van der Waals surface area contributed by atoms with Crippen molar-refractivity contribution in [3.8, 4) is 0 Å². The number of hydrogen-bond acceptors (Lipinski definition) is 7. The molecule has 0 spiro atoms. The van der Waals surface area contributed by atoms with Crippen LogP contribution in [0.25, 0.3) is 0 Å². The number of aliphatic carboxylic acids is 1. The summed E-state index contributed by atoms with van der Waals surface area (Å²) in [5.74, 6) is 1.15. The molecule has 5 saturated carbocycles. The summed E-state index contributed by atoms with van der Waals surface area (Å²) in [6, 6.07) is 0. The van der Waals surface area contributed by atoms with Crippen molar-refractivity contribution in [1.29, 1.82) is 0 Å². The van der Waals surface area contributed by atoms with Crippen LogP contribution in [0.15, 0.2) is 12.2 Å². The van der Waals surface area contributed by atoms with E-state index in [0.29, 0.717) is 17.8 Å². The Morgan fingerprint density at radius 1 is 0.841 bits per heavy atom. The first-order valence-corrected chi connectivity index (χ1v) is 17.3. The summed E-state index contributed by atoms with van der Waals surface area (Å²) in [4.78, 5) is 12.9. The van der Waals surface area contributed by atoms with Crippen LogP contribution in [0, 0.1) is 56.7 Å². The molecule has 15 atom stereocenters. The fraction of sp³-hybridized carbons (Fsp3) is 0.917. The van der Waals surface area contributed by atoms with E-state index < -0.39 is 48.7 Å². The third-order valence-corrected chi connectivity index (χ3v) is 15.6. The Balaban J connectivity index is 1.27. The zero-order valence-electron chi connectivity index (χ0n) is 27.8. The van der Waals surface area contributed by atoms with E-state index in [1.165, 1.54) is 0 Å². The van der Waals surface area contributed by atoms with Crippen LogP contribution in [0.3, 0.4) is 0 Å². The van der Waals surface area contributed by atoms with Crippen molar-refractivity contribution in [2.45, 2.75) is 143 Å². The van der Waals surface area contributed by atoms with Gasteiger partial charge in [-0.15, -0.1) is 0 Å². The van der Waals surface area contributed by atoms with Crippen LogP contribution in [0.4, 0.5) is 0 Å². The van der Waals surface area contributed by atoms with E-state index >= 15 is 0 Å². The molecule has 6 rings (SSSR count). The number of aliphatic hydroxyl groups excluding tert-OH is 4. The highest BCUT2D eigenvalue weighted by atomic mass is 16.7. The van der Waals surface area contributed by atoms with Gasteiger partial charge in [-0.25, -0.2) is 0 Å². The number of carboxylic acids is 1. The quantitative estimate of drug-likeness (QED) is 0.217. The molecule has 5 N–H and O–H groups in total. The molecule has 1 saturated heterocycles. The largest absolute Gasteiger partial charge is 0.481 e. The molecule has 0 radical (unpaired) electrons. The molecule has 44 heavy (non-hydrogen) atoms. The first-order chi connectivity index (χ1) is 20.5. The second-order valence-electron chi connectivity index (χ2n) is 17.3. The van der Waals surface area contributed by atoms with Crippen LogP contribution in [-0.4, -0.2) is 74.9 Å². The lowest BCUT2D eigenvalue weighted by molar-refractivity contribution is -0.331. The van der Waals surface area contributed by atoms with Crippen molar-refractivity contribution < 1.29 is 39.8 Å². The predicted octanol–water partition coefficient (Wildman–Crippen LogP) is 4.91. The topological polar surface area (TPSA) is 137 Å². The average molecular weight is 619 g/mol. The number of allylic oxidation sites excluding steroid dienone is 1. The molecule has 0 aromatic heterocycles. The van der Waals surface area contributed by atoms with Gasteiger partial charge < -0.3 is 35.0 Å². The van der Waals surface area contributed by atoms with Crippen LogP contribution in [0.5, 0.6) is 0 Å². The molecule has 1 unspecified atom stereocenters. The SMILES string of the molecule is C=C(C)[C@@H]1CC[C@]2(C(=O)O)CC[C@]3(C)[C@H](CC[C@@H]4[C@@]5(C)CCC(O[C@@H]6O[C@H](CO)[C@H](O)[C@H](O)[C@H]6O)C(C)(C)[C@@H]5CC[C@]43C)[C@@H]12. The molecule has 0 amide bonds. The second-order valence-corrected chi connectivity index (χ2v) is 17.3. The van der Waals surface area contributed by atoms with Gasteiger partial charge in [0.2, 0.25) is 0 Å². The Morgan fingerprint density at radius 2 is 1.55 bits per heavy atom. The van der Waals surface area contributed by atoms with E-state index in [2.05, 4.69) is 48.1 Å². The maximum atomic E-state index is 12.9. The van der Waals surface area contributed by atoms with Gasteiger partial charge in [-0.3, -0.25) is 4.79 Å². The van der Waals surface area contributed by atoms with Gasteiger partial charge in [0, 0.05) is 0 Å². The number of ether oxygens (including phenoxy) is 2. The van der Waals surface area contributed by atoms with E-state index in [4.69, 9.17) is 9.47 Å². The number of hydrogen-bond donors (Lipinski definition) is 5. The van der Waals surface area contributed by atoms with E-state index in [1.807, 2.05) is 0 Å². The Morgan fingerprint density at radius 3 is 2.18 bits per heavy atom. The third kappa shape index (κ3) is 4.26. The summed E-state index contributed by atoms with van der Waals surface area (Å²) < 4.78 is 12.2. The van der Waals surface area contributed by atoms with E-state index in [9.17, 15) is 30.3 Å². The molecule has 6 fully saturated rings. The first-order valence-electron chi connectivity index (χ1n) is 17.3. The number of carbonyl (C=O) groups is 1. The fourth-order valence-corrected chi connectivity index (χ4v) is 13.1. The maximum Gasteiger partial charge on any atom is 0.309 e. The summed E-state index contributed by atoms with van der Waals surface area (Å²) >= 11 is 0. The molecule has 250 valence electrons. The zero-order chi connectivity index (χ0) is 32.2. The van der Waals surface area contributed by atoms with Gasteiger partial charge in [-0.2, -0.15) is 0 Å². The lowest BCUT2D eigenvalue weighted by atomic mass is 9.32. The van der Waals surface area contributed by atoms with E-state index in [-0.39, 0.29) is 39.6 Å². The molecule has 8 nitrogen and oxygen atoms in total. The molecular weight excluding hydrogens is 560 g/mol. The molecule has 8 heteroatoms. The molecule has 0 aromatic carbocycles. The molecule has 0 bridgehead atoms. The molecular formula is C36H58O8. The Labute approximate surface area is 263 Å². The van der Waals surface area contributed by atoms with E-state index in [0.717, 1.165) is 69.8 Å². The highest BCUT2D eigenvalue weighted by Crippen LogP contribution is 2.77. The van der Waals surface area contributed by atoms with Crippen molar-refractivity contribution in [1.82, 2.24) is 0 Å². The van der Waals surface area contributed by atoms with Crippen LogP contribution in [-0.2, 0) is 14.3 Å². The Bertz CT molecular complexity index is 1150. The van der Waals surface area contributed by atoms with Gasteiger partial charge in [-0.1, -0.05) is 46.8 Å². The molecule has 5 aliphatic carbocycles. The van der Waals surface area contributed by atoms with Crippen molar-refractivity contribution in [3.63, 3.8) is 0 Å². The minimum atomic E-state index is -1.45. The maximum absolute atomic E-state index is 12.9. The minimum absolute atomic E-state index is 0.0688. The standard InChI is InChI=1S/C36H58O8/c1-19(2)20-10-15-36(31(41)42)17-16-34(6)21(26(20)36)8-9-24-33(5)13-12-25(32(3,4)23(33)11-14-35(24,34)7)44-30-29(40)28(39)27(38)22(18-37)43-30/h20-30,37-40H,1,8-18H2,2-7H3,(H,41,42)/t20-,21+,22+,23-,24+,25?,26+,27-,28-,29+,30-,33-,34+,35+,36-/m0/s1. The molecule has 0 aromatic rings. The van der Waals surface area contributed by atoms with Crippen LogP contribution < -0.4 is 0 Å². The van der Waals surface area contributed by atoms with Gasteiger partial charge in [0.1, 0.15) is 24.4 Å². The van der Waals surface area contributed by atoms with Crippen molar-refractivity contribution in [2.75, 3.05) is 6.61 Å². The lowest BCUT2D eigenvalue weighted by Gasteiger charge is -2.73. The zero-order valence-corrected chi connectivity index (χ0v) is 27.8. The summed E-state index contributed by atoms with van der Waals surface area (Å²) in [5.41, 5.74) is 0.579. The molecule has 6 aliphatic rings. The molecule has 1 aliphatic heterocycles. The van der Waals surface area contributed by atoms with Gasteiger partial charge in [0.25, 0.3) is 0 Å². The first kappa shape index (κ1) is 32.9. The fourth-order valence-electron chi connectivity index (χ4n) is 13.1. The number of aliphatic hydroxyl groups is 4. The molecule has 1 heterocycles. The smallest absolute Gasteiger partial charge is 0.309 e. The highest BCUT2D eigenvalue weighted by molar-refractivity contribution is 5.76. The average Bonchev–Trinajstić information content (AvgIpc) is 3.36. The van der Waals surface area contributed by atoms with Gasteiger partial charge in [0.15, 0.2) is 6.29 Å². The monoisotopic (exact) mass is 618 g/mol. The normalized spacial score (nSPS) is 54.8.